The molecule has 19 heavy (non-hydrogen) atoms. The molecule has 0 aliphatic carbocycles. The second-order valence-electron chi connectivity index (χ2n) is 4.52. The van der Waals surface area contributed by atoms with Crippen molar-refractivity contribution in [2.24, 2.45) is 5.73 Å². The van der Waals surface area contributed by atoms with Gasteiger partial charge in [-0.1, -0.05) is 18.2 Å². The van der Waals surface area contributed by atoms with E-state index in [-0.39, 0.29) is 6.04 Å². The Morgan fingerprint density at radius 1 is 1.26 bits per heavy atom. The van der Waals surface area contributed by atoms with Gasteiger partial charge in [-0.3, -0.25) is 4.98 Å². The lowest BCUT2D eigenvalue weighted by molar-refractivity contribution is 0.519. The van der Waals surface area contributed by atoms with Crippen LogP contribution in [0.15, 0.2) is 51.5 Å². The van der Waals surface area contributed by atoms with Gasteiger partial charge in [0.05, 0.1) is 5.69 Å². The quantitative estimate of drug-likeness (QED) is 0.779. The van der Waals surface area contributed by atoms with E-state index in [0.29, 0.717) is 0 Å². The van der Waals surface area contributed by atoms with Gasteiger partial charge < -0.3 is 10.2 Å². The first-order valence-corrected chi connectivity index (χ1v) is 6.80. The van der Waals surface area contributed by atoms with Crippen molar-refractivity contribution in [3.63, 3.8) is 0 Å². The van der Waals surface area contributed by atoms with Crippen LogP contribution in [0.25, 0.3) is 11.0 Å². The van der Waals surface area contributed by atoms with Crippen LogP contribution in [0.3, 0.4) is 0 Å². The molecule has 0 radical (unpaired) electrons. The Labute approximate surface area is 119 Å². The molecule has 0 spiro atoms. The van der Waals surface area contributed by atoms with E-state index in [4.69, 9.17) is 10.2 Å². The molecule has 2 heterocycles. The first-order chi connectivity index (χ1) is 9.15. The number of para-hydroxylation sites is 1. The first kappa shape index (κ1) is 12.4. The molecule has 3 aromatic rings. The Bertz CT molecular complexity index is 719. The molecule has 0 fully saturated rings. The summed E-state index contributed by atoms with van der Waals surface area (Å²) < 4.78 is 6.80. The predicted octanol–water partition coefficient (Wildman–Crippen LogP) is 3.95. The van der Waals surface area contributed by atoms with Crippen molar-refractivity contribution in [1.82, 2.24) is 4.98 Å². The minimum Gasteiger partial charge on any atom is -0.459 e. The second-order valence-corrected chi connectivity index (χ2v) is 5.44. The predicted molar refractivity (Wildman–Crippen MR) is 78.9 cm³/mol. The fourth-order valence-electron chi connectivity index (χ4n) is 2.10. The van der Waals surface area contributed by atoms with Gasteiger partial charge in [0.1, 0.15) is 17.4 Å². The fourth-order valence-corrected chi connectivity index (χ4v) is 2.33. The SMILES string of the molecule is Cc1cccc2cc(C(N)c3ccc(Br)cn3)oc12. The number of hydrogen-bond donors (Lipinski definition) is 1. The van der Waals surface area contributed by atoms with Crippen LogP contribution in [-0.2, 0) is 0 Å². The van der Waals surface area contributed by atoms with E-state index in [2.05, 4.69) is 20.9 Å². The molecule has 2 aromatic heterocycles. The maximum absolute atomic E-state index is 6.21. The van der Waals surface area contributed by atoms with E-state index in [1.165, 1.54) is 0 Å². The van der Waals surface area contributed by atoms with Crippen molar-refractivity contribution in [3.05, 3.63) is 64.1 Å². The molecule has 1 aromatic carbocycles. The molecule has 0 saturated carbocycles. The summed E-state index contributed by atoms with van der Waals surface area (Å²) in [5.41, 5.74) is 9.00. The zero-order valence-corrected chi connectivity index (χ0v) is 12.0. The van der Waals surface area contributed by atoms with Gasteiger partial charge in [-0.15, -0.1) is 0 Å². The average molecular weight is 317 g/mol. The summed E-state index contributed by atoms with van der Waals surface area (Å²) in [6.07, 6.45) is 1.74. The summed E-state index contributed by atoms with van der Waals surface area (Å²) >= 11 is 3.36. The van der Waals surface area contributed by atoms with Crippen LogP contribution in [0.4, 0.5) is 0 Å². The summed E-state index contributed by atoms with van der Waals surface area (Å²) in [6, 6.07) is 11.5. The summed E-state index contributed by atoms with van der Waals surface area (Å²) in [5, 5.41) is 1.07. The van der Waals surface area contributed by atoms with E-state index in [0.717, 1.165) is 32.5 Å². The zero-order chi connectivity index (χ0) is 13.4. The minimum atomic E-state index is -0.347. The third kappa shape index (κ3) is 2.29. The van der Waals surface area contributed by atoms with Crippen molar-refractivity contribution in [2.45, 2.75) is 13.0 Å². The van der Waals surface area contributed by atoms with Crippen molar-refractivity contribution < 1.29 is 4.42 Å². The summed E-state index contributed by atoms with van der Waals surface area (Å²) in [4.78, 5) is 4.32. The summed E-state index contributed by atoms with van der Waals surface area (Å²) in [7, 11) is 0. The van der Waals surface area contributed by atoms with Gasteiger partial charge >= 0.3 is 0 Å². The van der Waals surface area contributed by atoms with Crippen LogP contribution in [0.2, 0.25) is 0 Å². The summed E-state index contributed by atoms with van der Waals surface area (Å²) in [5.74, 6) is 0.735. The lowest BCUT2D eigenvalue weighted by atomic mass is 10.1. The Hall–Kier alpha value is -1.65. The number of furan rings is 1. The monoisotopic (exact) mass is 316 g/mol. The van der Waals surface area contributed by atoms with Gasteiger partial charge in [0.2, 0.25) is 0 Å². The molecule has 1 unspecified atom stereocenters. The molecule has 3 rings (SSSR count). The molecule has 0 aliphatic heterocycles. The van der Waals surface area contributed by atoms with Crippen LogP contribution in [0.5, 0.6) is 0 Å². The standard InChI is InChI=1S/C15H13BrN2O/c1-9-3-2-4-10-7-13(19-15(9)10)14(17)12-6-5-11(16)8-18-12/h2-8,14H,17H2,1H3. The molecule has 2 N–H and O–H groups in total. The number of aryl methyl sites for hydroxylation is 1. The third-order valence-electron chi connectivity index (χ3n) is 3.14. The van der Waals surface area contributed by atoms with Gasteiger partial charge in [-0.25, -0.2) is 0 Å². The van der Waals surface area contributed by atoms with Gasteiger partial charge in [0.15, 0.2) is 0 Å². The van der Waals surface area contributed by atoms with Crippen LogP contribution in [0.1, 0.15) is 23.1 Å². The van der Waals surface area contributed by atoms with E-state index in [1.807, 2.05) is 43.3 Å². The van der Waals surface area contributed by atoms with Crippen LogP contribution < -0.4 is 5.73 Å². The largest absolute Gasteiger partial charge is 0.459 e. The Morgan fingerprint density at radius 2 is 2.11 bits per heavy atom. The normalized spacial score (nSPS) is 12.8. The fraction of sp³-hybridized carbons (Fsp3) is 0.133. The van der Waals surface area contributed by atoms with Gasteiger partial charge in [-0.05, 0) is 46.6 Å². The maximum Gasteiger partial charge on any atom is 0.137 e. The number of hydrogen-bond acceptors (Lipinski definition) is 3. The molecule has 0 bridgehead atoms. The number of rotatable bonds is 2. The van der Waals surface area contributed by atoms with Crippen molar-refractivity contribution in [2.75, 3.05) is 0 Å². The smallest absolute Gasteiger partial charge is 0.137 e. The highest BCUT2D eigenvalue weighted by atomic mass is 79.9. The number of nitrogens with zero attached hydrogens (tertiary/aromatic N) is 1. The third-order valence-corrected chi connectivity index (χ3v) is 3.60. The Morgan fingerprint density at radius 3 is 2.79 bits per heavy atom. The lowest BCUT2D eigenvalue weighted by Gasteiger charge is -2.07. The minimum absolute atomic E-state index is 0.347. The topological polar surface area (TPSA) is 52.0 Å². The molecular formula is C15H13BrN2O. The number of benzene rings is 1. The molecule has 0 aliphatic rings. The maximum atomic E-state index is 6.21. The number of aromatic nitrogens is 1. The Kier molecular flexibility index (Phi) is 3.12. The highest BCUT2D eigenvalue weighted by Crippen LogP contribution is 2.28. The molecule has 0 amide bonds. The molecule has 3 nitrogen and oxygen atoms in total. The molecule has 96 valence electrons. The van der Waals surface area contributed by atoms with E-state index in [1.54, 1.807) is 6.20 Å². The Balaban J connectivity index is 2.04. The molecule has 0 saturated heterocycles. The number of fused-ring (bicyclic) bond motifs is 1. The van der Waals surface area contributed by atoms with Crippen molar-refractivity contribution >= 4 is 26.9 Å². The average Bonchev–Trinajstić information content (AvgIpc) is 2.84. The summed E-state index contributed by atoms with van der Waals surface area (Å²) in [6.45, 7) is 2.03. The number of halogens is 1. The zero-order valence-electron chi connectivity index (χ0n) is 10.4. The first-order valence-electron chi connectivity index (χ1n) is 6.01. The van der Waals surface area contributed by atoms with Crippen LogP contribution in [0, 0.1) is 6.92 Å². The van der Waals surface area contributed by atoms with Crippen LogP contribution >= 0.6 is 15.9 Å². The highest BCUT2D eigenvalue weighted by Gasteiger charge is 2.16. The number of nitrogens with two attached hydrogens (primary N) is 1. The van der Waals surface area contributed by atoms with E-state index in [9.17, 15) is 0 Å². The molecular weight excluding hydrogens is 304 g/mol. The second kappa shape index (κ2) is 4.79. The van der Waals surface area contributed by atoms with Gasteiger partial charge in [0, 0.05) is 16.1 Å². The highest BCUT2D eigenvalue weighted by molar-refractivity contribution is 9.10. The van der Waals surface area contributed by atoms with Gasteiger partial charge in [-0.2, -0.15) is 0 Å². The number of pyridine rings is 1. The molecule has 1 atom stereocenters. The molecule has 4 heteroatoms. The van der Waals surface area contributed by atoms with E-state index < -0.39 is 0 Å². The lowest BCUT2D eigenvalue weighted by Crippen LogP contribution is -2.12. The van der Waals surface area contributed by atoms with Crippen molar-refractivity contribution in [1.29, 1.82) is 0 Å². The van der Waals surface area contributed by atoms with Gasteiger partial charge in [0.25, 0.3) is 0 Å². The van der Waals surface area contributed by atoms with E-state index >= 15 is 0 Å². The van der Waals surface area contributed by atoms with Crippen molar-refractivity contribution in [3.8, 4) is 0 Å². The van der Waals surface area contributed by atoms with Crippen LogP contribution in [-0.4, -0.2) is 4.98 Å².